The van der Waals surface area contributed by atoms with E-state index in [1.54, 1.807) is 29.0 Å². The van der Waals surface area contributed by atoms with Crippen LogP contribution in [0.25, 0.3) is 0 Å². The molecule has 1 aromatic heterocycles. The number of likely N-dealkylation sites (N-methyl/N-ethyl adjacent to an activating group) is 1. The van der Waals surface area contributed by atoms with Crippen LogP contribution < -0.4 is 5.32 Å². The average Bonchev–Trinajstić information content (AvgIpc) is 2.71. The molecule has 1 aromatic carbocycles. The highest BCUT2D eigenvalue weighted by Crippen LogP contribution is 2.11. The minimum Gasteiger partial charge on any atom is -0.370 e. The van der Waals surface area contributed by atoms with E-state index in [4.69, 9.17) is 0 Å². The van der Waals surface area contributed by atoms with E-state index < -0.39 is 0 Å². The number of aryl methyl sites for hydroxylation is 1. The van der Waals surface area contributed by atoms with Gasteiger partial charge in [0.1, 0.15) is 11.6 Å². The fraction of sp³-hybridized carbons (Fsp3) is 0.409. The Bertz CT molecular complexity index is 841. The van der Waals surface area contributed by atoms with E-state index in [0.717, 1.165) is 36.5 Å². The Hall–Kier alpha value is -2.96. The quantitative estimate of drug-likeness (QED) is 0.844. The maximum Gasteiger partial charge on any atom is 0.241 e. The molecule has 2 bridgehead atoms. The molecule has 0 atom stereocenters. The van der Waals surface area contributed by atoms with Crippen molar-refractivity contribution >= 4 is 17.6 Å². The lowest BCUT2D eigenvalue weighted by molar-refractivity contribution is -0.139. The van der Waals surface area contributed by atoms with Crippen molar-refractivity contribution < 1.29 is 14.0 Å². The summed E-state index contributed by atoms with van der Waals surface area (Å²) in [7, 11) is 1.76. The van der Waals surface area contributed by atoms with Gasteiger partial charge in [0.2, 0.25) is 11.8 Å². The smallest absolute Gasteiger partial charge is 0.241 e. The van der Waals surface area contributed by atoms with Gasteiger partial charge in [-0.3, -0.25) is 9.59 Å². The van der Waals surface area contributed by atoms with Gasteiger partial charge in [0.05, 0.1) is 13.0 Å². The monoisotopic (exact) mass is 398 g/mol. The lowest BCUT2D eigenvalue weighted by atomic mass is 10.1. The highest BCUT2D eigenvalue weighted by atomic mass is 19.1. The molecule has 154 valence electrons. The summed E-state index contributed by atoms with van der Waals surface area (Å²) >= 11 is 0. The van der Waals surface area contributed by atoms with Crippen LogP contribution in [0.15, 0.2) is 42.5 Å². The van der Waals surface area contributed by atoms with Gasteiger partial charge in [-0.25, -0.2) is 9.37 Å². The summed E-state index contributed by atoms with van der Waals surface area (Å²) in [6.45, 7) is 1.85. The fourth-order valence-corrected chi connectivity index (χ4v) is 3.29. The van der Waals surface area contributed by atoms with Crippen LogP contribution in [0.1, 0.15) is 24.1 Å². The molecule has 1 aliphatic heterocycles. The molecular weight excluding hydrogens is 371 g/mol. The summed E-state index contributed by atoms with van der Waals surface area (Å²) in [5, 5.41) is 3.29. The number of amides is 2. The minimum atomic E-state index is -0.333. The molecule has 0 radical (unpaired) electrons. The number of carbonyl (C=O) groups is 2. The van der Waals surface area contributed by atoms with Gasteiger partial charge in [-0.05, 0) is 49.1 Å². The Labute approximate surface area is 170 Å². The first-order valence-corrected chi connectivity index (χ1v) is 9.97. The molecule has 0 saturated heterocycles. The first-order chi connectivity index (χ1) is 14.0. The molecule has 0 aliphatic carbocycles. The summed E-state index contributed by atoms with van der Waals surface area (Å²) in [5.41, 5.74) is 1.69. The molecule has 3 rings (SSSR count). The van der Waals surface area contributed by atoms with E-state index in [1.165, 1.54) is 12.1 Å². The summed E-state index contributed by atoms with van der Waals surface area (Å²) in [6, 6.07) is 11.8. The molecule has 0 unspecified atom stereocenters. The van der Waals surface area contributed by atoms with Crippen LogP contribution in [0.5, 0.6) is 0 Å². The van der Waals surface area contributed by atoms with Crippen molar-refractivity contribution in [2.24, 2.45) is 0 Å². The molecule has 0 spiro atoms. The van der Waals surface area contributed by atoms with Crippen molar-refractivity contribution in [3.05, 3.63) is 59.5 Å². The third-order valence-corrected chi connectivity index (χ3v) is 5.02. The maximum atomic E-state index is 13.1. The number of aromatic nitrogens is 1. The predicted octanol–water partition coefficient (Wildman–Crippen LogP) is 2.50. The lowest BCUT2D eigenvalue weighted by Gasteiger charge is -2.26. The number of anilines is 1. The van der Waals surface area contributed by atoms with E-state index in [-0.39, 0.29) is 30.6 Å². The first kappa shape index (κ1) is 20.8. The van der Waals surface area contributed by atoms with Gasteiger partial charge >= 0.3 is 0 Å². The zero-order valence-corrected chi connectivity index (χ0v) is 16.7. The topological polar surface area (TPSA) is 65.5 Å². The second kappa shape index (κ2) is 10.0. The molecule has 2 heterocycles. The van der Waals surface area contributed by atoms with E-state index >= 15 is 0 Å². The molecule has 6 nitrogen and oxygen atoms in total. The largest absolute Gasteiger partial charge is 0.370 e. The van der Waals surface area contributed by atoms with Gasteiger partial charge in [0.15, 0.2) is 0 Å². The van der Waals surface area contributed by atoms with Crippen molar-refractivity contribution in [2.45, 2.75) is 25.7 Å². The zero-order chi connectivity index (χ0) is 20.6. The minimum absolute atomic E-state index is 0.0530. The van der Waals surface area contributed by atoms with Crippen molar-refractivity contribution in [1.82, 2.24) is 14.8 Å². The number of hydrogen-bond acceptors (Lipinski definition) is 4. The molecule has 0 fully saturated rings. The Morgan fingerprint density at radius 2 is 1.93 bits per heavy atom. The molecule has 7 heteroatoms. The van der Waals surface area contributed by atoms with E-state index in [9.17, 15) is 14.0 Å². The zero-order valence-electron chi connectivity index (χ0n) is 16.7. The van der Waals surface area contributed by atoms with Gasteiger partial charge in [-0.2, -0.15) is 0 Å². The number of hydrogen-bond donors (Lipinski definition) is 1. The summed E-state index contributed by atoms with van der Waals surface area (Å²) in [5.74, 6) is 0.290. The molecule has 2 aromatic rings. The number of pyridine rings is 1. The predicted molar refractivity (Wildman–Crippen MR) is 110 cm³/mol. The van der Waals surface area contributed by atoms with Crippen molar-refractivity contribution in [2.75, 3.05) is 38.5 Å². The highest BCUT2D eigenvalue weighted by Gasteiger charge is 2.20. The number of nitrogens with one attached hydrogen (secondary N) is 1. The van der Waals surface area contributed by atoms with Gasteiger partial charge in [-0.15, -0.1) is 0 Å². The van der Waals surface area contributed by atoms with Crippen LogP contribution in [0.2, 0.25) is 0 Å². The Balaban J connectivity index is 1.72. The van der Waals surface area contributed by atoms with Crippen LogP contribution in [0, 0.1) is 5.82 Å². The number of benzene rings is 1. The summed E-state index contributed by atoms with van der Waals surface area (Å²) in [6.07, 6.45) is 2.37. The van der Waals surface area contributed by atoms with Crippen LogP contribution in [-0.4, -0.2) is 59.8 Å². The highest BCUT2D eigenvalue weighted by molar-refractivity contribution is 5.85. The van der Waals surface area contributed by atoms with Gasteiger partial charge in [-0.1, -0.05) is 18.2 Å². The van der Waals surface area contributed by atoms with E-state index in [1.807, 2.05) is 18.2 Å². The number of carbonyl (C=O) groups excluding carboxylic acids is 2. The summed E-state index contributed by atoms with van der Waals surface area (Å²) in [4.78, 5) is 33.3. The van der Waals surface area contributed by atoms with E-state index in [2.05, 4.69) is 10.3 Å². The Kier molecular flexibility index (Phi) is 7.16. The van der Waals surface area contributed by atoms with Crippen LogP contribution in [0.3, 0.4) is 0 Å². The first-order valence-electron chi connectivity index (χ1n) is 9.97. The second-order valence-corrected chi connectivity index (χ2v) is 7.33. The van der Waals surface area contributed by atoms with Crippen LogP contribution in [0.4, 0.5) is 10.2 Å². The third kappa shape index (κ3) is 6.27. The Morgan fingerprint density at radius 1 is 1.14 bits per heavy atom. The number of halogens is 1. The normalized spacial score (nSPS) is 16.1. The number of fused-ring (bicyclic) bond motifs is 2. The van der Waals surface area contributed by atoms with Crippen LogP contribution >= 0.6 is 0 Å². The molecule has 2 amide bonds. The van der Waals surface area contributed by atoms with Crippen molar-refractivity contribution in [3.8, 4) is 0 Å². The van der Waals surface area contributed by atoms with Gasteiger partial charge in [0.25, 0.3) is 0 Å². The molecular formula is C22H27FN4O2. The summed E-state index contributed by atoms with van der Waals surface area (Å²) < 4.78 is 13.1. The fourth-order valence-electron chi connectivity index (χ4n) is 3.29. The molecule has 1 aliphatic rings. The average molecular weight is 398 g/mol. The van der Waals surface area contributed by atoms with Gasteiger partial charge in [0, 0.05) is 32.4 Å². The maximum absolute atomic E-state index is 13.1. The third-order valence-electron chi connectivity index (χ3n) is 5.02. The van der Waals surface area contributed by atoms with Crippen molar-refractivity contribution in [1.29, 1.82) is 0 Å². The standard InChI is InChI=1S/C22H27FN4O2/c1-26-13-4-12-24-20-7-2-5-19(25-20)6-3-14-27(16-22(26)29)21(28)15-17-8-10-18(23)11-9-17/h2,5,7-11H,3-4,6,12-16H2,1H3,(H,24,25). The lowest BCUT2D eigenvalue weighted by Crippen LogP contribution is -2.43. The van der Waals surface area contributed by atoms with Gasteiger partial charge < -0.3 is 15.1 Å². The second-order valence-electron chi connectivity index (χ2n) is 7.33. The number of nitrogens with zero attached hydrogens (tertiary/aromatic N) is 3. The van der Waals surface area contributed by atoms with Crippen molar-refractivity contribution in [3.63, 3.8) is 0 Å². The van der Waals surface area contributed by atoms with E-state index in [0.29, 0.717) is 19.5 Å². The van der Waals surface area contributed by atoms with Crippen LogP contribution in [-0.2, 0) is 22.4 Å². The molecule has 29 heavy (non-hydrogen) atoms. The Morgan fingerprint density at radius 3 is 2.72 bits per heavy atom. The molecule has 1 N–H and O–H groups in total. The molecule has 0 saturated carbocycles. The SMILES string of the molecule is CN1CCCNc2cccc(n2)CCCN(C(=O)Cc2ccc(F)cc2)CC1=O. The number of rotatable bonds is 2.